The highest BCUT2D eigenvalue weighted by Gasteiger charge is 2.26. The maximum absolute atomic E-state index is 12.2. The predicted molar refractivity (Wildman–Crippen MR) is 103 cm³/mol. The molecule has 0 unspecified atom stereocenters. The molecule has 1 aliphatic rings. The summed E-state index contributed by atoms with van der Waals surface area (Å²) >= 11 is 0. The maximum atomic E-state index is 12.2. The number of nitrogens with one attached hydrogen (secondary N) is 2. The van der Waals surface area contributed by atoms with Crippen LogP contribution >= 0.6 is 0 Å². The van der Waals surface area contributed by atoms with Crippen LogP contribution < -0.4 is 10.6 Å². The molecule has 5 nitrogen and oxygen atoms in total. The second kappa shape index (κ2) is 9.12. The van der Waals surface area contributed by atoms with E-state index in [0.717, 1.165) is 6.42 Å². The maximum Gasteiger partial charge on any atom is 0.226 e. The van der Waals surface area contributed by atoms with Gasteiger partial charge in [-0.25, -0.2) is 0 Å². The van der Waals surface area contributed by atoms with E-state index in [1.807, 2.05) is 36.4 Å². The molecule has 5 heteroatoms. The third-order valence-electron chi connectivity index (χ3n) is 4.86. The third-order valence-corrected chi connectivity index (χ3v) is 4.86. The fraction of sp³-hybridized carbons (Fsp3) is 0.318. The molecule has 3 rings (SSSR count). The Kier molecular flexibility index (Phi) is 6.36. The molecule has 1 saturated heterocycles. The minimum absolute atomic E-state index is 0.109. The SMILES string of the molecule is O=C(CC1CC(=O)NC(=O)C1)NCCC(c1ccccc1)c1ccccc1. The van der Waals surface area contributed by atoms with Gasteiger partial charge in [0.25, 0.3) is 0 Å². The lowest BCUT2D eigenvalue weighted by atomic mass is 9.88. The fourth-order valence-electron chi connectivity index (χ4n) is 3.59. The molecule has 2 N–H and O–H groups in total. The lowest BCUT2D eigenvalue weighted by Gasteiger charge is -2.21. The van der Waals surface area contributed by atoms with E-state index in [-0.39, 0.29) is 48.8 Å². The van der Waals surface area contributed by atoms with Crippen LogP contribution in [0.5, 0.6) is 0 Å². The summed E-state index contributed by atoms with van der Waals surface area (Å²) in [6.07, 6.45) is 1.45. The largest absolute Gasteiger partial charge is 0.356 e. The zero-order chi connectivity index (χ0) is 19.1. The normalized spacial score (nSPS) is 14.9. The average molecular weight is 364 g/mol. The summed E-state index contributed by atoms with van der Waals surface area (Å²) in [4.78, 5) is 35.1. The summed E-state index contributed by atoms with van der Waals surface area (Å²) in [5.74, 6) is -0.697. The van der Waals surface area contributed by atoms with E-state index in [4.69, 9.17) is 0 Å². The second-order valence-corrected chi connectivity index (χ2v) is 6.96. The minimum atomic E-state index is -0.294. The molecule has 0 aliphatic carbocycles. The topological polar surface area (TPSA) is 75.3 Å². The number of hydrogen-bond acceptors (Lipinski definition) is 3. The van der Waals surface area contributed by atoms with Gasteiger partial charge in [0.15, 0.2) is 0 Å². The molecule has 1 heterocycles. The van der Waals surface area contributed by atoms with Crippen molar-refractivity contribution in [2.75, 3.05) is 6.54 Å². The first-order chi connectivity index (χ1) is 13.1. The highest BCUT2D eigenvalue weighted by molar-refractivity contribution is 5.98. The summed E-state index contributed by atoms with van der Waals surface area (Å²) in [5, 5.41) is 5.22. The quantitative estimate of drug-likeness (QED) is 0.742. The summed E-state index contributed by atoms with van der Waals surface area (Å²) in [6, 6.07) is 20.5. The van der Waals surface area contributed by atoms with Gasteiger partial charge in [0.1, 0.15) is 0 Å². The molecule has 3 amide bonds. The molecule has 0 radical (unpaired) electrons. The van der Waals surface area contributed by atoms with Gasteiger partial charge in [-0.3, -0.25) is 19.7 Å². The van der Waals surface area contributed by atoms with Crippen molar-refractivity contribution in [3.63, 3.8) is 0 Å². The van der Waals surface area contributed by atoms with Gasteiger partial charge in [0.05, 0.1) is 0 Å². The fourth-order valence-corrected chi connectivity index (χ4v) is 3.59. The number of carbonyl (C=O) groups excluding carboxylic acids is 3. The van der Waals surface area contributed by atoms with Crippen LogP contribution in [0, 0.1) is 5.92 Å². The number of hydrogen-bond donors (Lipinski definition) is 2. The molecule has 140 valence electrons. The Morgan fingerprint density at radius 1 is 0.926 bits per heavy atom. The zero-order valence-corrected chi connectivity index (χ0v) is 15.2. The van der Waals surface area contributed by atoms with Crippen molar-refractivity contribution >= 4 is 17.7 Å². The monoisotopic (exact) mass is 364 g/mol. The predicted octanol–water partition coefficient (Wildman–Crippen LogP) is 2.77. The number of benzene rings is 2. The van der Waals surface area contributed by atoms with E-state index < -0.39 is 0 Å². The molecular formula is C22H24N2O3. The lowest BCUT2D eigenvalue weighted by Crippen LogP contribution is -2.40. The minimum Gasteiger partial charge on any atom is -0.356 e. The molecule has 0 spiro atoms. The van der Waals surface area contributed by atoms with E-state index >= 15 is 0 Å². The van der Waals surface area contributed by atoms with E-state index in [1.54, 1.807) is 0 Å². The summed E-state index contributed by atoms with van der Waals surface area (Å²) in [5.41, 5.74) is 2.43. The van der Waals surface area contributed by atoms with Crippen molar-refractivity contribution in [1.82, 2.24) is 10.6 Å². The molecule has 2 aromatic rings. The Labute approximate surface area is 159 Å². The van der Waals surface area contributed by atoms with Crippen LogP contribution in [-0.2, 0) is 14.4 Å². The van der Waals surface area contributed by atoms with E-state index in [1.165, 1.54) is 11.1 Å². The van der Waals surface area contributed by atoms with Gasteiger partial charge in [0, 0.05) is 31.7 Å². The number of carbonyl (C=O) groups is 3. The van der Waals surface area contributed by atoms with Crippen LogP contribution in [0.1, 0.15) is 42.7 Å². The van der Waals surface area contributed by atoms with Gasteiger partial charge in [0.2, 0.25) is 17.7 Å². The van der Waals surface area contributed by atoms with Gasteiger partial charge in [-0.15, -0.1) is 0 Å². The van der Waals surface area contributed by atoms with Crippen LogP contribution in [0.3, 0.4) is 0 Å². The highest BCUT2D eigenvalue weighted by Crippen LogP contribution is 2.27. The van der Waals surface area contributed by atoms with Gasteiger partial charge in [-0.1, -0.05) is 60.7 Å². The van der Waals surface area contributed by atoms with E-state index in [0.29, 0.717) is 6.54 Å². The third kappa shape index (κ3) is 5.51. The van der Waals surface area contributed by atoms with Crippen LogP contribution in [0.25, 0.3) is 0 Å². The van der Waals surface area contributed by atoms with Gasteiger partial charge in [-0.05, 0) is 23.5 Å². The number of amides is 3. The highest BCUT2D eigenvalue weighted by atomic mass is 16.2. The van der Waals surface area contributed by atoms with Crippen molar-refractivity contribution in [3.05, 3.63) is 71.8 Å². The summed E-state index contributed by atoms with van der Waals surface area (Å²) in [7, 11) is 0. The number of rotatable bonds is 7. The van der Waals surface area contributed by atoms with Crippen molar-refractivity contribution in [1.29, 1.82) is 0 Å². The van der Waals surface area contributed by atoms with Gasteiger partial charge in [-0.2, -0.15) is 0 Å². The molecular weight excluding hydrogens is 340 g/mol. The average Bonchev–Trinajstić information content (AvgIpc) is 2.66. The number of piperidine rings is 1. The standard InChI is InChI=1S/C22H24N2O3/c25-20(13-16-14-21(26)24-22(27)15-16)23-12-11-19(17-7-3-1-4-8-17)18-9-5-2-6-10-18/h1-10,16,19H,11-15H2,(H,23,25)(H,24,26,27). The van der Waals surface area contributed by atoms with Crippen molar-refractivity contribution < 1.29 is 14.4 Å². The summed E-state index contributed by atoms with van der Waals surface area (Å²) in [6.45, 7) is 0.542. The molecule has 2 aromatic carbocycles. The molecule has 0 bridgehead atoms. The Balaban J connectivity index is 1.55. The van der Waals surface area contributed by atoms with E-state index in [9.17, 15) is 14.4 Å². The van der Waals surface area contributed by atoms with E-state index in [2.05, 4.69) is 34.9 Å². The molecule has 0 aromatic heterocycles. The van der Waals surface area contributed by atoms with Crippen LogP contribution in [0.2, 0.25) is 0 Å². The number of imide groups is 1. The van der Waals surface area contributed by atoms with Gasteiger partial charge >= 0.3 is 0 Å². The van der Waals surface area contributed by atoms with Crippen LogP contribution in [0.4, 0.5) is 0 Å². The first-order valence-corrected chi connectivity index (χ1v) is 9.31. The Morgan fingerprint density at radius 3 is 1.96 bits per heavy atom. The van der Waals surface area contributed by atoms with Crippen molar-refractivity contribution in [2.24, 2.45) is 5.92 Å². The van der Waals surface area contributed by atoms with Crippen LogP contribution in [0.15, 0.2) is 60.7 Å². The van der Waals surface area contributed by atoms with Crippen molar-refractivity contribution in [2.45, 2.75) is 31.6 Å². The second-order valence-electron chi connectivity index (χ2n) is 6.96. The molecule has 1 aliphatic heterocycles. The Hall–Kier alpha value is -2.95. The lowest BCUT2D eigenvalue weighted by molar-refractivity contribution is -0.135. The van der Waals surface area contributed by atoms with Crippen LogP contribution in [-0.4, -0.2) is 24.3 Å². The molecule has 27 heavy (non-hydrogen) atoms. The first-order valence-electron chi connectivity index (χ1n) is 9.31. The van der Waals surface area contributed by atoms with Gasteiger partial charge < -0.3 is 5.32 Å². The smallest absolute Gasteiger partial charge is 0.226 e. The molecule has 0 atom stereocenters. The Bertz CT molecular complexity index is 734. The van der Waals surface area contributed by atoms with Crippen molar-refractivity contribution in [3.8, 4) is 0 Å². The Morgan fingerprint density at radius 2 is 1.44 bits per heavy atom. The first kappa shape index (κ1) is 18.8. The summed E-state index contributed by atoms with van der Waals surface area (Å²) < 4.78 is 0. The molecule has 1 fully saturated rings. The zero-order valence-electron chi connectivity index (χ0n) is 15.2. The molecule has 0 saturated carbocycles.